The van der Waals surface area contributed by atoms with E-state index in [1.807, 2.05) is 17.0 Å². The van der Waals surface area contributed by atoms with E-state index < -0.39 is 5.97 Å². The van der Waals surface area contributed by atoms with Crippen molar-refractivity contribution in [2.45, 2.75) is 27.3 Å². The average molecular weight is 304 g/mol. The van der Waals surface area contributed by atoms with Crippen molar-refractivity contribution in [2.24, 2.45) is 5.41 Å². The zero-order valence-electron chi connectivity index (χ0n) is 10.4. The van der Waals surface area contributed by atoms with Crippen molar-refractivity contribution in [3.05, 3.63) is 22.6 Å². The summed E-state index contributed by atoms with van der Waals surface area (Å²) in [5.74, 6) is -0.0535. The van der Waals surface area contributed by atoms with Gasteiger partial charge < -0.3 is 9.52 Å². The van der Waals surface area contributed by atoms with Gasteiger partial charge in [0.1, 0.15) is 5.76 Å². The Hall–Kier alpha value is -0.810. The van der Waals surface area contributed by atoms with Crippen LogP contribution in [0.15, 0.2) is 21.2 Å². The van der Waals surface area contributed by atoms with Gasteiger partial charge in [-0.25, -0.2) is 0 Å². The molecule has 0 bridgehead atoms. The van der Waals surface area contributed by atoms with Crippen LogP contribution in [0.3, 0.4) is 0 Å². The fourth-order valence-electron chi connectivity index (χ4n) is 1.69. The number of halogens is 1. The second-order valence-electron chi connectivity index (χ2n) is 5.31. The summed E-state index contributed by atoms with van der Waals surface area (Å²) in [4.78, 5) is 12.7. The van der Waals surface area contributed by atoms with Crippen LogP contribution in [0.4, 0.5) is 0 Å². The molecule has 0 spiro atoms. The molecule has 4 nitrogen and oxygen atoms in total. The molecule has 0 amide bonds. The summed E-state index contributed by atoms with van der Waals surface area (Å²) < 4.78 is 6.06. The van der Waals surface area contributed by atoms with Gasteiger partial charge in [-0.2, -0.15) is 0 Å². The van der Waals surface area contributed by atoms with E-state index in [1.54, 1.807) is 0 Å². The van der Waals surface area contributed by atoms with Crippen LogP contribution in [0.25, 0.3) is 0 Å². The highest BCUT2D eigenvalue weighted by Gasteiger charge is 2.19. The van der Waals surface area contributed by atoms with Crippen molar-refractivity contribution in [3.63, 3.8) is 0 Å². The molecule has 0 unspecified atom stereocenters. The lowest BCUT2D eigenvalue weighted by molar-refractivity contribution is -0.138. The van der Waals surface area contributed by atoms with Crippen molar-refractivity contribution >= 4 is 21.9 Å². The Kier molecular flexibility index (Phi) is 4.77. The second kappa shape index (κ2) is 5.69. The van der Waals surface area contributed by atoms with Crippen molar-refractivity contribution in [2.75, 3.05) is 13.1 Å². The predicted molar refractivity (Wildman–Crippen MR) is 68.8 cm³/mol. The number of rotatable bonds is 5. The van der Waals surface area contributed by atoms with Gasteiger partial charge in [-0.1, -0.05) is 20.8 Å². The molecule has 0 atom stereocenters. The summed E-state index contributed by atoms with van der Waals surface area (Å²) in [5.41, 5.74) is 0.0548. The summed E-state index contributed by atoms with van der Waals surface area (Å²) in [6.07, 6.45) is 0. The maximum absolute atomic E-state index is 10.8. The van der Waals surface area contributed by atoms with E-state index in [0.717, 1.165) is 5.76 Å². The van der Waals surface area contributed by atoms with Crippen LogP contribution in [-0.4, -0.2) is 29.1 Å². The van der Waals surface area contributed by atoms with Gasteiger partial charge in [0.2, 0.25) is 0 Å². The second-order valence-corrected chi connectivity index (χ2v) is 6.09. The smallest absolute Gasteiger partial charge is 0.317 e. The Bertz CT molecular complexity index is 381. The van der Waals surface area contributed by atoms with Crippen LogP contribution in [0.2, 0.25) is 0 Å². The third-order valence-electron chi connectivity index (χ3n) is 2.07. The molecular weight excluding hydrogens is 286 g/mol. The maximum atomic E-state index is 10.8. The monoisotopic (exact) mass is 303 g/mol. The Morgan fingerprint density at radius 3 is 2.53 bits per heavy atom. The lowest BCUT2D eigenvalue weighted by atomic mass is 9.96. The van der Waals surface area contributed by atoms with E-state index in [9.17, 15) is 4.79 Å². The number of hydrogen-bond donors (Lipinski definition) is 1. The number of carboxylic acid groups (broad SMARTS) is 1. The van der Waals surface area contributed by atoms with Gasteiger partial charge in [-0.05, 0) is 33.5 Å². The molecule has 0 saturated carbocycles. The molecule has 1 aromatic heterocycles. The first kappa shape index (κ1) is 14.3. The largest absolute Gasteiger partial charge is 0.480 e. The molecule has 5 heteroatoms. The standard InChI is InChI=1S/C12H18BrNO3/c1-12(2,3)8-14(7-11(15)16)6-9-4-5-10(13)17-9/h4-5H,6-8H2,1-3H3,(H,15,16). The van der Waals surface area contributed by atoms with E-state index in [2.05, 4.69) is 36.7 Å². The van der Waals surface area contributed by atoms with Crippen LogP contribution < -0.4 is 0 Å². The Morgan fingerprint density at radius 2 is 2.12 bits per heavy atom. The Balaban J connectivity index is 2.66. The van der Waals surface area contributed by atoms with Crippen LogP contribution >= 0.6 is 15.9 Å². The molecule has 0 aliphatic rings. The van der Waals surface area contributed by atoms with Crippen molar-refractivity contribution < 1.29 is 14.3 Å². The summed E-state index contributed by atoms with van der Waals surface area (Å²) >= 11 is 3.23. The molecule has 0 aromatic carbocycles. The molecule has 17 heavy (non-hydrogen) atoms. The number of furan rings is 1. The van der Waals surface area contributed by atoms with E-state index in [0.29, 0.717) is 17.8 Å². The molecule has 1 N–H and O–H groups in total. The lowest BCUT2D eigenvalue weighted by Gasteiger charge is -2.27. The first-order valence-electron chi connectivity index (χ1n) is 5.44. The quantitative estimate of drug-likeness (QED) is 0.908. The molecule has 1 heterocycles. The number of carbonyl (C=O) groups is 1. The molecule has 0 saturated heterocycles. The van der Waals surface area contributed by atoms with Crippen molar-refractivity contribution in [1.82, 2.24) is 4.90 Å². The van der Waals surface area contributed by atoms with Crippen LogP contribution in [0.5, 0.6) is 0 Å². The summed E-state index contributed by atoms with van der Waals surface area (Å²) in [7, 11) is 0. The van der Waals surface area contributed by atoms with Gasteiger partial charge in [-0.3, -0.25) is 9.69 Å². The topological polar surface area (TPSA) is 53.7 Å². The highest BCUT2D eigenvalue weighted by molar-refractivity contribution is 9.10. The zero-order valence-corrected chi connectivity index (χ0v) is 12.0. The van der Waals surface area contributed by atoms with Crippen LogP contribution in [0, 0.1) is 5.41 Å². The van der Waals surface area contributed by atoms with E-state index >= 15 is 0 Å². The number of aliphatic carboxylic acids is 1. The molecule has 0 aliphatic carbocycles. The van der Waals surface area contributed by atoms with Gasteiger partial charge in [-0.15, -0.1) is 0 Å². The third kappa shape index (κ3) is 5.89. The minimum Gasteiger partial charge on any atom is -0.480 e. The first-order valence-corrected chi connectivity index (χ1v) is 6.24. The molecule has 1 aromatic rings. The fraction of sp³-hybridized carbons (Fsp3) is 0.583. The van der Waals surface area contributed by atoms with Gasteiger partial charge in [0.05, 0.1) is 13.1 Å². The molecule has 0 aliphatic heterocycles. The zero-order chi connectivity index (χ0) is 13.1. The molecule has 0 fully saturated rings. The molecule has 1 rings (SSSR count). The fourth-order valence-corrected chi connectivity index (χ4v) is 2.03. The van der Waals surface area contributed by atoms with E-state index in [4.69, 9.17) is 9.52 Å². The van der Waals surface area contributed by atoms with Gasteiger partial charge >= 0.3 is 5.97 Å². The number of carboxylic acids is 1. The summed E-state index contributed by atoms with van der Waals surface area (Å²) in [6.45, 7) is 7.49. The third-order valence-corrected chi connectivity index (χ3v) is 2.49. The highest BCUT2D eigenvalue weighted by Crippen LogP contribution is 2.19. The molecular formula is C12H18BrNO3. The van der Waals surface area contributed by atoms with E-state index in [1.165, 1.54) is 0 Å². The van der Waals surface area contributed by atoms with Gasteiger partial charge in [0, 0.05) is 6.54 Å². The first-order chi connectivity index (χ1) is 7.76. The minimum absolute atomic E-state index is 0.0234. The van der Waals surface area contributed by atoms with E-state index in [-0.39, 0.29) is 12.0 Å². The van der Waals surface area contributed by atoms with Crippen LogP contribution in [0.1, 0.15) is 26.5 Å². The molecule has 0 radical (unpaired) electrons. The Labute approximate surface area is 110 Å². The minimum atomic E-state index is -0.820. The van der Waals surface area contributed by atoms with Crippen molar-refractivity contribution in [1.29, 1.82) is 0 Å². The lowest BCUT2D eigenvalue weighted by Crippen LogP contribution is -2.36. The SMILES string of the molecule is CC(C)(C)CN(CC(=O)O)Cc1ccc(Br)o1. The number of hydrogen-bond acceptors (Lipinski definition) is 3. The van der Waals surface area contributed by atoms with Gasteiger partial charge in [0.15, 0.2) is 4.67 Å². The average Bonchev–Trinajstić information content (AvgIpc) is 2.46. The normalized spacial score (nSPS) is 12.1. The summed E-state index contributed by atoms with van der Waals surface area (Å²) in [6, 6.07) is 3.66. The predicted octanol–water partition coefficient (Wildman–Crippen LogP) is 2.97. The van der Waals surface area contributed by atoms with Crippen molar-refractivity contribution in [3.8, 4) is 0 Å². The maximum Gasteiger partial charge on any atom is 0.317 e. The molecule has 96 valence electrons. The van der Waals surface area contributed by atoms with Gasteiger partial charge in [0.25, 0.3) is 0 Å². The summed E-state index contributed by atoms with van der Waals surface area (Å²) in [5, 5.41) is 8.88. The number of nitrogens with zero attached hydrogens (tertiary/aromatic N) is 1. The van der Waals surface area contributed by atoms with Crippen LogP contribution in [-0.2, 0) is 11.3 Å². The highest BCUT2D eigenvalue weighted by atomic mass is 79.9. The Morgan fingerprint density at radius 1 is 1.47 bits per heavy atom.